The van der Waals surface area contributed by atoms with Gasteiger partial charge >= 0.3 is 0 Å². The summed E-state index contributed by atoms with van der Waals surface area (Å²) in [5.74, 6) is 1.45. The van der Waals surface area contributed by atoms with E-state index in [-0.39, 0.29) is 6.04 Å². The van der Waals surface area contributed by atoms with E-state index >= 15 is 0 Å². The predicted molar refractivity (Wildman–Crippen MR) is 68.9 cm³/mol. The van der Waals surface area contributed by atoms with Crippen molar-refractivity contribution in [2.45, 2.75) is 46.1 Å². The molecule has 0 heterocycles. The molecule has 2 heteroatoms. The van der Waals surface area contributed by atoms with Gasteiger partial charge in [0.25, 0.3) is 0 Å². The monoisotopic (exact) mass is 221 g/mol. The second-order valence-corrected chi connectivity index (χ2v) is 4.40. The summed E-state index contributed by atoms with van der Waals surface area (Å²) in [4.78, 5) is 0. The van der Waals surface area contributed by atoms with Crippen molar-refractivity contribution in [3.8, 4) is 5.75 Å². The average Bonchev–Trinajstić information content (AvgIpc) is 2.28. The highest BCUT2D eigenvalue weighted by Gasteiger charge is 2.11. The minimum Gasteiger partial charge on any atom is -0.494 e. The molecule has 0 aromatic heterocycles. The number of hydrogen-bond acceptors (Lipinski definition) is 2. The fourth-order valence-electron chi connectivity index (χ4n) is 1.77. The molecule has 0 amide bonds. The summed E-state index contributed by atoms with van der Waals surface area (Å²) in [5.41, 5.74) is 8.50. The Kier molecular flexibility index (Phi) is 4.81. The van der Waals surface area contributed by atoms with E-state index in [4.69, 9.17) is 10.5 Å². The lowest BCUT2D eigenvalue weighted by molar-refractivity contribution is 0.335. The summed E-state index contributed by atoms with van der Waals surface area (Å²) in [7, 11) is 0. The van der Waals surface area contributed by atoms with E-state index in [1.54, 1.807) is 0 Å². The third-order valence-electron chi connectivity index (χ3n) is 2.82. The first-order chi connectivity index (χ1) is 7.60. The van der Waals surface area contributed by atoms with Crippen LogP contribution in [0, 0.1) is 0 Å². The predicted octanol–water partition coefficient (Wildman–Crippen LogP) is 3.62. The molecular weight excluding hydrogens is 198 g/mol. The van der Waals surface area contributed by atoms with Crippen LogP contribution < -0.4 is 10.5 Å². The van der Waals surface area contributed by atoms with E-state index in [0.29, 0.717) is 12.5 Å². The van der Waals surface area contributed by atoms with Gasteiger partial charge in [-0.3, -0.25) is 0 Å². The second-order valence-electron chi connectivity index (χ2n) is 4.40. The second kappa shape index (κ2) is 5.90. The van der Waals surface area contributed by atoms with E-state index < -0.39 is 0 Å². The molecule has 90 valence electrons. The van der Waals surface area contributed by atoms with E-state index in [2.05, 4.69) is 32.9 Å². The Morgan fingerprint density at radius 2 is 1.94 bits per heavy atom. The highest BCUT2D eigenvalue weighted by Crippen LogP contribution is 2.29. The number of hydrogen-bond donors (Lipinski definition) is 1. The maximum Gasteiger partial charge on any atom is 0.122 e. The first-order valence-electron chi connectivity index (χ1n) is 6.12. The molecule has 2 nitrogen and oxygen atoms in total. The van der Waals surface area contributed by atoms with E-state index in [1.165, 1.54) is 11.1 Å². The molecule has 2 N–H and O–H groups in total. The number of benzene rings is 1. The summed E-state index contributed by atoms with van der Waals surface area (Å²) in [5, 5.41) is 0. The average molecular weight is 221 g/mol. The molecule has 0 aliphatic heterocycles. The van der Waals surface area contributed by atoms with Crippen LogP contribution in [-0.2, 0) is 0 Å². The summed E-state index contributed by atoms with van der Waals surface area (Å²) >= 11 is 0. The molecule has 1 aromatic carbocycles. The van der Waals surface area contributed by atoms with Crippen LogP contribution in [0.5, 0.6) is 5.75 Å². The van der Waals surface area contributed by atoms with Crippen molar-refractivity contribution < 1.29 is 4.74 Å². The van der Waals surface area contributed by atoms with Gasteiger partial charge in [0.2, 0.25) is 0 Å². The molecular formula is C14H23NO. The molecule has 1 atom stereocenters. The normalized spacial score (nSPS) is 12.9. The zero-order chi connectivity index (χ0) is 12.1. The van der Waals surface area contributed by atoms with Gasteiger partial charge in [-0.2, -0.15) is 0 Å². The lowest BCUT2D eigenvalue weighted by Gasteiger charge is -2.17. The van der Waals surface area contributed by atoms with Gasteiger partial charge in [-0.1, -0.05) is 32.9 Å². The van der Waals surface area contributed by atoms with Gasteiger partial charge in [-0.05, 0) is 36.5 Å². The molecule has 0 fully saturated rings. The van der Waals surface area contributed by atoms with Gasteiger partial charge in [-0.15, -0.1) is 0 Å². The van der Waals surface area contributed by atoms with Crippen molar-refractivity contribution in [2.24, 2.45) is 5.73 Å². The number of rotatable bonds is 5. The van der Waals surface area contributed by atoms with E-state index in [9.17, 15) is 0 Å². The summed E-state index contributed by atoms with van der Waals surface area (Å²) in [6.07, 6.45) is 0.964. The Bertz CT molecular complexity index is 334. The minimum atomic E-state index is 0.133. The maximum absolute atomic E-state index is 6.05. The third kappa shape index (κ3) is 2.99. The fraction of sp³-hybridized carbons (Fsp3) is 0.571. The van der Waals surface area contributed by atoms with Gasteiger partial charge in [0.15, 0.2) is 0 Å². The van der Waals surface area contributed by atoms with Gasteiger partial charge in [-0.25, -0.2) is 0 Å². The van der Waals surface area contributed by atoms with Gasteiger partial charge in [0.05, 0.1) is 6.61 Å². The molecule has 1 unspecified atom stereocenters. The summed E-state index contributed by atoms with van der Waals surface area (Å²) < 4.78 is 5.63. The quantitative estimate of drug-likeness (QED) is 0.824. The van der Waals surface area contributed by atoms with Gasteiger partial charge in [0, 0.05) is 6.04 Å². The molecule has 16 heavy (non-hydrogen) atoms. The Hall–Kier alpha value is -1.02. The fourth-order valence-corrected chi connectivity index (χ4v) is 1.77. The van der Waals surface area contributed by atoms with Crippen LogP contribution in [0.4, 0.5) is 0 Å². The third-order valence-corrected chi connectivity index (χ3v) is 2.82. The first kappa shape index (κ1) is 13.0. The Morgan fingerprint density at radius 1 is 1.25 bits per heavy atom. The molecule has 0 aliphatic rings. The first-order valence-corrected chi connectivity index (χ1v) is 6.12. The highest BCUT2D eigenvalue weighted by atomic mass is 16.5. The van der Waals surface area contributed by atoms with Crippen LogP contribution in [0.1, 0.15) is 57.2 Å². The minimum absolute atomic E-state index is 0.133. The van der Waals surface area contributed by atoms with Crippen LogP contribution in [0.15, 0.2) is 18.2 Å². The number of ether oxygens (including phenoxy) is 1. The van der Waals surface area contributed by atoms with Gasteiger partial charge in [0.1, 0.15) is 5.75 Å². The smallest absolute Gasteiger partial charge is 0.122 e. The van der Waals surface area contributed by atoms with Crippen LogP contribution in [-0.4, -0.2) is 6.61 Å². The molecule has 0 bridgehead atoms. The van der Waals surface area contributed by atoms with Crippen molar-refractivity contribution in [3.63, 3.8) is 0 Å². The molecule has 0 aliphatic carbocycles. The van der Waals surface area contributed by atoms with E-state index in [0.717, 1.165) is 12.2 Å². The zero-order valence-corrected chi connectivity index (χ0v) is 10.8. The number of nitrogens with two attached hydrogens (primary N) is 1. The molecule has 0 saturated carbocycles. The zero-order valence-electron chi connectivity index (χ0n) is 10.8. The Morgan fingerprint density at radius 3 is 2.44 bits per heavy atom. The molecule has 1 aromatic rings. The lowest BCUT2D eigenvalue weighted by atomic mass is 9.96. The standard InChI is InChI=1S/C14H23NO/c1-5-13(15)11-7-8-14(16-6-2)12(9-11)10(3)4/h7-10,13H,5-6,15H2,1-4H3. The van der Waals surface area contributed by atoms with Crippen molar-refractivity contribution >= 4 is 0 Å². The van der Waals surface area contributed by atoms with Crippen molar-refractivity contribution in [3.05, 3.63) is 29.3 Å². The van der Waals surface area contributed by atoms with Crippen molar-refractivity contribution in [1.29, 1.82) is 0 Å². The molecule has 0 spiro atoms. The van der Waals surface area contributed by atoms with Crippen LogP contribution >= 0.6 is 0 Å². The van der Waals surface area contributed by atoms with Crippen LogP contribution in [0.25, 0.3) is 0 Å². The van der Waals surface area contributed by atoms with Crippen LogP contribution in [0.2, 0.25) is 0 Å². The van der Waals surface area contributed by atoms with Crippen molar-refractivity contribution in [1.82, 2.24) is 0 Å². The van der Waals surface area contributed by atoms with Crippen LogP contribution in [0.3, 0.4) is 0 Å². The maximum atomic E-state index is 6.05. The Labute approximate surface area is 98.8 Å². The molecule has 1 rings (SSSR count). The largest absolute Gasteiger partial charge is 0.494 e. The topological polar surface area (TPSA) is 35.2 Å². The summed E-state index contributed by atoms with van der Waals surface area (Å²) in [6, 6.07) is 6.44. The summed E-state index contributed by atoms with van der Waals surface area (Å²) in [6.45, 7) is 9.18. The lowest BCUT2D eigenvalue weighted by Crippen LogP contribution is -2.09. The van der Waals surface area contributed by atoms with Gasteiger partial charge < -0.3 is 10.5 Å². The molecule has 0 saturated heterocycles. The molecule has 0 radical (unpaired) electrons. The Balaban J connectivity index is 3.07. The van der Waals surface area contributed by atoms with E-state index in [1.807, 2.05) is 13.0 Å². The SMILES string of the molecule is CCOc1ccc(C(N)CC)cc1C(C)C. The highest BCUT2D eigenvalue weighted by molar-refractivity contribution is 5.40. The van der Waals surface area contributed by atoms with Crippen molar-refractivity contribution in [2.75, 3.05) is 6.61 Å².